The summed E-state index contributed by atoms with van der Waals surface area (Å²) in [6.07, 6.45) is 1.75. The van der Waals surface area contributed by atoms with E-state index < -0.39 is 18.7 Å². The number of carbonyl (C=O) groups is 1. The maximum absolute atomic E-state index is 12.3. The number of alkyl halides is 3. The van der Waals surface area contributed by atoms with Gasteiger partial charge in [0.2, 0.25) is 5.88 Å². The molecule has 3 rings (SSSR count). The van der Waals surface area contributed by atoms with Gasteiger partial charge in [-0.15, -0.1) is 0 Å². The lowest BCUT2D eigenvalue weighted by Crippen LogP contribution is -2.37. The van der Waals surface area contributed by atoms with Crippen molar-refractivity contribution < 1.29 is 22.7 Å². The van der Waals surface area contributed by atoms with E-state index in [0.717, 1.165) is 18.4 Å². The van der Waals surface area contributed by atoms with Crippen LogP contribution in [0.4, 0.5) is 13.2 Å². The number of nitrogens with zero attached hydrogens (tertiary/aromatic N) is 2. The Balaban J connectivity index is 1.62. The molecule has 0 saturated heterocycles. The molecule has 0 aliphatic heterocycles. The maximum Gasteiger partial charge on any atom is 0.422 e. The minimum atomic E-state index is -4.44. The first-order valence-corrected chi connectivity index (χ1v) is 8.04. The number of aromatic nitrogens is 2. The monoisotopic (exact) mass is 366 g/mol. The third kappa shape index (κ3) is 5.16. The summed E-state index contributed by atoms with van der Waals surface area (Å²) in [5.74, 6) is -0.398. The number of nitrogens with one attached hydrogen (secondary N) is 2. The molecule has 2 aromatic heterocycles. The average molecular weight is 366 g/mol. The van der Waals surface area contributed by atoms with Crippen molar-refractivity contribution in [2.75, 3.05) is 6.61 Å². The van der Waals surface area contributed by atoms with Crippen LogP contribution in [0.15, 0.2) is 36.8 Å². The van der Waals surface area contributed by atoms with E-state index in [1.54, 1.807) is 30.6 Å². The summed E-state index contributed by atoms with van der Waals surface area (Å²) in [4.78, 5) is 20.0. The minimum absolute atomic E-state index is 0.0638. The van der Waals surface area contributed by atoms with Gasteiger partial charge in [0.1, 0.15) is 0 Å². The van der Waals surface area contributed by atoms with Gasteiger partial charge in [-0.2, -0.15) is 13.2 Å². The highest BCUT2D eigenvalue weighted by Gasteiger charge is 2.32. The summed E-state index contributed by atoms with van der Waals surface area (Å²) in [5.41, 5.74) is 7.06. The van der Waals surface area contributed by atoms with Gasteiger partial charge in [-0.05, 0) is 42.5 Å². The molecule has 138 valence electrons. The number of carbonyl (C=O) groups excluding carboxylic acids is 1. The Morgan fingerprint density at radius 1 is 1.27 bits per heavy atom. The summed E-state index contributed by atoms with van der Waals surface area (Å²) in [6, 6.07) is 5.15. The minimum Gasteiger partial charge on any atom is -0.468 e. The molecule has 1 aliphatic rings. The lowest BCUT2D eigenvalue weighted by molar-refractivity contribution is -0.154. The van der Waals surface area contributed by atoms with E-state index >= 15 is 0 Å². The zero-order chi connectivity index (χ0) is 18.6. The highest BCUT2D eigenvalue weighted by atomic mass is 19.4. The van der Waals surface area contributed by atoms with Gasteiger partial charge in [0.05, 0.1) is 5.56 Å². The number of pyridine rings is 2. The van der Waals surface area contributed by atoms with E-state index in [4.69, 9.17) is 4.74 Å². The number of hydrogen-bond donors (Lipinski definition) is 2. The van der Waals surface area contributed by atoms with Crippen LogP contribution >= 0.6 is 0 Å². The van der Waals surface area contributed by atoms with Crippen molar-refractivity contribution in [1.82, 2.24) is 20.8 Å². The topological polar surface area (TPSA) is 76.1 Å². The fourth-order valence-corrected chi connectivity index (χ4v) is 2.35. The van der Waals surface area contributed by atoms with Crippen LogP contribution < -0.4 is 15.6 Å². The molecule has 2 aromatic rings. The SMILES string of the molecule is O=C(NNCc1ccncc1)c1cnc(OCC(F)(F)F)c(C2CC2)c1. The number of rotatable bonds is 7. The van der Waals surface area contributed by atoms with Gasteiger partial charge in [0.25, 0.3) is 5.91 Å². The molecule has 0 unspecified atom stereocenters. The van der Waals surface area contributed by atoms with Crippen molar-refractivity contribution in [2.45, 2.75) is 31.5 Å². The normalized spacial score (nSPS) is 14.1. The number of ether oxygens (including phenoxy) is 1. The second-order valence-corrected chi connectivity index (χ2v) is 5.96. The zero-order valence-corrected chi connectivity index (χ0v) is 13.7. The molecular weight excluding hydrogens is 349 g/mol. The summed E-state index contributed by atoms with van der Waals surface area (Å²) < 4.78 is 41.8. The number of hydrogen-bond acceptors (Lipinski definition) is 5. The van der Waals surface area contributed by atoms with Crippen molar-refractivity contribution >= 4 is 5.91 Å². The van der Waals surface area contributed by atoms with Crippen molar-refractivity contribution in [3.63, 3.8) is 0 Å². The molecule has 6 nitrogen and oxygen atoms in total. The molecule has 26 heavy (non-hydrogen) atoms. The van der Waals surface area contributed by atoms with Crippen molar-refractivity contribution in [3.8, 4) is 5.88 Å². The van der Waals surface area contributed by atoms with E-state index in [0.29, 0.717) is 12.1 Å². The second kappa shape index (κ2) is 7.69. The van der Waals surface area contributed by atoms with Crippen LogP contribution in [0.1, 0.15) is 40.2 Å². The number of hydrazine groups is 1. The molecule has 9 heteroatoms. The van der Waals surface area contributed by atoms with E-state index in [2.05, 4.69) is 20.8 Å². The van der Waals surface area contributed by atoms with Gasteiger partial charge in [-0.3, -0.25) is 15.2 Å². The average Bonchev–Trinajstić information content (AvgIpc) is 3.45. The van der Waals surface area contributed by atoms with Crippen LogP contribution in [0.25, 0.3) is 0 Å². The molecule has 1 amide bonds. The first kappa shape index (κ1) is 18.1. The fraction of sp³-hybridized carbons (Fsp3) is 0.353. The van der Waals surface area contributed by atoms with Gasteiger partial charge < -0.3 is 4.74 Å². The van der Waals surface area contributed by atoms with Crippen LogP contribution in [0, 0.1) is 0 Å². The molecular formula is C17H17F3N4O2. The number of amides is 1. The van der Waals surface area contributed by atoms with Crippen LogP contribution in [0.3, 0.4) is 0 Å². The summed E-state index contributed by atoms with van der Waals surface area (Å²) in [7, 11) is 0. The molecule has 0 bridgehead atoms. The third-order valence-electron chi connectivity index (χ3n) is 3.77. The van der Waals surface area contributed by atoms with Crippen molar-refractivity contribution in [1.29, 1.82) is 0 Å². The molecule has 0 atom stereocenters. The van der Waals surface area contributed by atoms with E-state index in [9.17, 15) is 18.0 Å². The Hall–Kier alpha value is -2.68. The van der Waals surface area contributed by atoms with Gasteiger partial charge in [0, 0.05) is 30.7 Å². The Bertz CT molecular complexity index is 764. The Morgan fingerprint density at radius 3 is 2.65 bits per heavy atom. The lowest BCUT2D eigenvalue weighted by atomic mass is 10.1. The first-order chi connectivity index (χ1) is 12.4. The highest BCUT2D eigenvalue weighted by Crippen LogP contribution is 2.44. The zero-order valence-electron chi connectivity index (χ0n) is 13.7. The maximum atomic E-state index is 12.3. The lowest BCUT2D eigenvalue weighted by Gasteiger charge is -2.13. The van der Waals surface area contributed by atoms with E-state index in [1.165, 1.54) is 6.20 Å². The molecule has 1 saturated carbocycles. The largest absolute Gasteiger partial charge is 0.468 e. The summed E-state index contributed by atoms with van der Waals surface area (Å²) >= 11 is 0. The smallest absolute Gasteiger partial charge is 0.422 e. The predicted octanol–water partition coefficient (Wildman–Crippen LogP) is 2.73. The molecule has 1 aliphatic carbocycles. The third-order valence-corrected chi connectivity index (χ3v) is 3.77. The highest BCUT2D eigenvalue weighted by molar-refractivity contribution is 5.93. The van der Waals surface area contributed by atoms with Crippen LogP contribution in [0.5, 0.6) is 5.88 Å². The predicted molar refractivity (Wildman–Crippen MR) is 86.3 cm³/mol. The molecule has 0 aromatic carbocycles. The van der Waals surface area contributed by atoms with E-state index in [1.807, 2.05) is 0 Å². The van der Waals surface area contributed by atoms with Crippen LogP contribution in [0.2, 0.25) is 0 Å². The summed E-state index contributed by atoms with van der Waals surface area (Å²) in [5, 5.41) is 0. The van der Waals surface area contributed by atoms with Gasteiger partial charge in [-0.1, -0.05) is 0 Å². The van der Waals surface area contributed by atoms with Crippen LogP contribution in [-0.2, 0) is 6.54 Å². The fourth-order valence-electron chi connectivity index (χ4n) is 2.35. The Labute approximate surface area is 147 Å². The molecule has 2 N–H and O–H groups in total. The van der Waals surface area contributed by atoms with Gasteiger partial charge >= 0.3 is 6.18 Å². The molecule has 1 fully saturated rings. The Morgan fingerprint density at radius 2 is 2.00 bits per heavy atom. The first-order valence-electron chi connectivity index (χ1n) is 8.04. The van der Waals surface area contributed by atoms with Crippen LogP contribution in [-0.4, -0.2) is 28.7 Å². The molecule has 0 spiro atoms. The van der Waals surface area contributed by atoms with Crippen molar-refractivity contribution in [2.24, 2.45) is 0 Å². The molecule has 0 radical (unpaired) electrons. The Kier molecular flexibility index (Phi) is 5.36. The quantitative estimate of drug-likeness (QED) is 0.737. The standard InChI is InChI=1S/C17H17F3N4O2/c18-17(19,20)10-26-16-14(12-1-2-12)7-13(9-22-16)15(25)24-23-8-11-3-5-21-6-4-11/h3-7,9,12,23H,1-2,8,10H2,(H,24,25). The second-order valence-electron chi connectivity index (χ2n) is 5.96. The van der Waals surface area contributed by atoms with Gasteiger partial charge in [-0.25, -0.2) is 10.4 Å². The number of halogens is 3. The summed E-state index contributed by atoms with van der Waals surface area (Å²) in [6.45, 7) is -0.997. The van der Waals surface area contributed by atoms with Gasteiger partial charge in [0.15, 0.2) is 6.61 Å². The molecule has 2 heterocycles. The van der Waals surface area contributed by atoms with Crippen molar-refractivity contribution in [3.05, 3.63) is 53.5 Å². The van der Waals surface area contributed by atoms with E-state index in [-0.39, 0.29) is 17.4 Å².